The molecular formula is C28H56O4. The smallest absolute Gasteiger partial charge is 0.286 e. The van der Waals surface area contributed by atoms with Gasteiger partial charge in [0.15, 0.2) is 0 Å². The summed E-state index contributed by atoms with van der Waals surface area (Å²) < 4.78 is 24.9. The molecule has 2 atom stereocenters. The third-order valence-electron chi connectivity index (χ3n) is 5.56. The topological polar surface area (TPSA) is 36.9 Å². The first-order valence-electron chi connectivity index (χ1n) is 13.4. The van der Waals surface area contributed by atoms with E-state index in [1.807, 2.05) is 13.0 Å². The van der Waals surface area contributed by atoms with Gasteiger partial charge in [0.25, 0.3) is 5.97 Å². The molecule has 0 saturated heterocycles. The van der Waals surface area contributed by atoms with Crippen molar-refractivity contribution in [3.8, 4) is 0 Å². The van der Waals surface area contributed by atoms with Gasteiger partial charge < -0.3 is 18.9 Å². The van der Waals surface area contributed by atoms with Gasteiger partial charge in [-0.15, -0.1) is 0 Å². The lowest BCUT2D eigenvalue weighted by molar-refractivity contribution is -0.433. The van der Waals surface area contributed by atoms with Gasteiger partial charge in [0.1, 0.15) is 0 Å². The molecule has 0 aliphatic heterocycles. The summed E-state index contributed by atoms with van der Waals surface area (Å²) in [5, 5.41) is 0. The van der Waals surface area contributed by atoms with E-state index >= 15 is 0 Å². The molecule has 0 bridgehead atoms. The molecule has 2 unspecified atom stereocenters. The molecule has 0 aromatic heterocycles. The molecule has 0 N–H and O–H groups in total. The number of rotatable bonds is 21. The molecule has 32 heavy (non-hydrogen) atoms. The zero-order valence-corrected chi connectivity index (χ0v) is 23.0. The number of hydrogen-bond donors (Lipinski definition) is 0. The lowest BCUT2D eigenvalue weighted by Crippen LogP contribution is -2.51. The fraction of sp³-hybridized carbons (Fsp3) is 0.929. The van der Waals surface area contributed by atoms with E-state index in [0.29, 0.717) is 5.92 Å². The minimum absolute atomic E-state index is 0.0335. The molecule has 4 nitrogen and oxygen atoms in total. The van der Waals surface area contributed by atoms with Crippen LogP contribution in [0.5, 0.6) is 0 Å². The average molecular weight is 457 g/mol. The molecule has 0 saturated carbocycles. The summed E-state index contributed by atoms with van der Waals surface area (Å²) in [5.41, 5.74) is 0. The fourth-order valence-electron chi connectivity index (χ4n) is 4.15. The predicted molar refractivity (Wildman–Crippen MR) is 137 cm³/mol. The Hall–Kier alpha value is -0.580. The van der Waals surface area contributed by atoms with Crippen molar-refractivity contribution in [2.24, 2.45) is 11.8 Å². The van der Waals surface area contributed by atoms with Crippen LogP contribution in [-0.4, -0.2) is 30.9 Å². The predicted octanol–water partition coefficient (Wildman–Crippen LogP) is 8.64. The Kier molecular flexibility index (Phi) is 18.5. The van der Waals surface area contributed by atoms with Crippen LogP contribution in [0.15, 0.2) is 12.3 Å². The minimum atomic E-state index is -0.985. The van der Waals surface area contributed by atoms with Crippen LogP contribution in [-0.2, 0) is 18.9 Å². The maximum atomic E-state index is 6.48. The van der Waals surface area contributed by atoms with E-state index in [2.05, 4.69) is 55.4 Å². The molecule has 0 aliphatic rings. The van der Waals surface area contributed by atoms with Crippen molar-refractivity contribution in [3.63, 3.8) is 0 Å². The van der Waals surface area contributed by atoms with Crippen molar-refractivity contribution in [1.29, 1.82) is 0 Å². The average Bonchev–Trinajstić information content (AvgIpc) is 2.67. The second-order valence-corrected chi connectivity index (χ2v) is 10.2. The number of allylic oxidation sites excluding steroid dienone is 1. The van der Waals surface area contributed by atoms with Crippen LogP contribution in [0.2, 0.25) is 0 Å². The van der Waals surface area contributed by atoms with E-state index in [1.54, 1.807) is 6.26 Å². The van der Waals surface area contributed by atoms with Gasteiger partial charge in [0.05, 0.1) is 31.2 Å². The SMILES string of the molecule is CC=COCCCCCC(CCC(C)CCCCC)C(OC(C)C)(OC(C)C)OC(C)C. The number of unbranched alkanes of at least 4 members (excludes halogenated alkanes) is 4. The molecule has 0 aromatic carbocycles. The van der Waals surface area contributed by atoms with E-state index in [4.69, 9.17) is 18.9 Å². The Bertz CT molecular complexity index is 418. The summed E-state index contributed by atoms with van der Waals surface area (Å²) >= 11 is 0. The Balaban J connectivity index is 5.35. The number of ether oxygens (including phenoxy) is 4. The van der Waals surface area contributed by atoms with Crippen molar-refractivity contribution in [1.82, 2.24) is 0 Å². The molecule has 0 rings (SSSR count). The van der Waals surface area contributed by atoms with E-state index in [-0.39, 0.29) is 24.2 Å². The van der Waals surface area contributed by atoms with Gasteiger partial charge >= 0.3 is 0 Å². The Morgan fingerprint density at radius 3 is 1.72 bits per heavy atom. The van der Waals surface area contributed by atoms with E-state index in [9.17, 15) is 0 Å². The molecule has 0 spiro atoms. The molecule has 0 radical (unpaired) electrons. The zero-order chi connectivity index (χ0) is 24.4. The fourth-order valence-corrected chi connectivity index (χ4v) is 4.15. The van der Waals surface area contributed by atoms with Gasteiger partial charge in [-0.1, -0.05) is 64.9 Å². The zero-order valence-electron chi connectivity index (χ0n) is 23.0. The lowest BCUT2D eigenvalue weighted by Gasteiger charge is -2.43. The van der Waals surface area contributed by atoms with E-state index in [1.165, 1.54) is 32.1 Å². The molecule has 192 valence electrons. The van der Waals surface area contributed by atoms with Crippen molar-refractivity contribution >= 4 is 0 Å². The van der Waals surface area contributed by atoms with Gasteiger partial charge in [-0.25, -0.2) is 0 Å². The summed E-state index contributed by atoms with van der Waals surface area (Å²) in [4.78, 5) is 0. The Morgan fingerprint density at radius 1 is 0.656 bits per heavy atom. The Labute approximate surface area is 200 Å². The van der Waals surface area contributed by atoms with E-state index in [0.717, 1.165) is 38.7 Å². The second-order valence-electron chi connectivity index (χ2n) is 10.2. The van der Waals surface area contributed by atoms with Gasteiger partial charge in [-0.05, 0) is 73.6 Å². The third-order valence-corrected chi connectivity index (χ3v) is 5.56. The largest absolute Gasteiger partial charge is 0.502 e. The highest BCUT2D eigenvalue weighted by Crippen LogP contribution is 2.38. The monoisotopic (exact) mass is 456 g/mol. The minimum Gasteiger partial charge on any atom is -0.502 e. The van der Waals surface area contributed by atoms with Gasteiger partial charge in [0.2, 0.25) is 0 Å². The first-order valence-corrected chi connectivity index (χ1v) is 13.4. The summed E-state index contributed by atoms with van der Waals surface area (Å²) in [6.07, 6.45) is 15.7. The summed E-state index contributed by atoms with van der Waals surface area (Å²) in [6, 6.07) is 0. The van der Waals surface area contributed by atoms with Gasteiger partial charge in [-0.3, -0.25) is 0 Å². The van der Waals surface area contributed by atoms with Crippen LogP contribution in [0, 0.1) is 11.8 Å². The maximum Gasteiger partial charge on any atom is 0.286 e. The first-order chi connectivity index (χ1) is 15.2. The van der Waals surface area contributed by atoms with Crippen LogP contribution in [0.4, 0.5) is 0 Å². The molecule has 0 amide bonds. The molecule has 0 fully saturated rings. The Morgan fingerprint density at radius 2 is 1.22 bits per heavy atom. The molecule has 0 aromatic rings. The van der Waals surface area contributed by atoms with Crippen LogP contribution in [0.3, 0.4) is 0 Å². The highest BCUT2D eigenvalue weighted by Gasteiger charge is 2.44. The highest BCUT2D eigenvalue weighted by molar-refractivity contribution is 4.77. The van der Waals surface area contributed by atoms with Gasteiger partial charge in [-0.2, -0.15) is 0 Å². The second kappa shape index (κ2) is 18.8. The lowest BCUT2D eigenvalue weighted by atomic mass is 9.88. The van der Waals surface area contributed by atoms with Crippen molar-refractivity contribution in [2.75, 3.05) is 6.61 Å². The van der Waals surface area contributed by atoms with Crippen LogP contribution in [0.25, 0.3) is 0 Å². The van der Waals surface area contributed by atoms with Crippen LogP contribution >= 0.6 is 0 Å². The van der Waals surface area contributed by atoms with Crippen molar-refractivity contribution in [2.45, 2.75) is 151 Å². The number of hydrogen-bond acceptors (Lipinski definition) is 4. The summed E-state index contributed by atoms with van der Waals surface area (Å²) in [6.45, 7) is 19.9. The molecule has 0 aliphatic carbocycles. The molecule has 4 heteroatoms. The summed E-state index contributed by atoms with van der Waals surface area (Å²) in [7, 11) is 0. The summed E-state index contributed by atoms with van der Waals surface area (Å²) in [5.74, 6) is -0.0610. The van der Waals surface area contributed by atoms with Gasteiger partial charge in [0, 0.05) is 5.92 Å². The van der Waals surface area contributed by atoms with E-state index < -0.39 is 5.97 Å². The standard InChI is InChI=1S/C28H56O4/c1-10-12-14-17-26(9)19-20-27(18-15-13-16-22-29-21-11-2)28(30-23(3)4,31-24(5)6)32-25(7)8/h11,21,23-27H,10,12-20,22H2,1-9H3. The van der Waals surface area contributed by atoms with Crippen molar-refractivity contribution in [3.05, 3.63) is 12.3 Å². The maximum absolute atomic E-state index is 6.48. The highest BCUT2D eigenvalue weighted by atomic mass is 16.9. The van der Waals surface area contributed by atoms with Crippen LogP contribution < -0.4 is 0 Å². The first kappa shape index (κ1) is 31.4. The van der Waals surface area contributed by atoms with Crippen molar-refractivity contribution < 1.29 is 18.9 Å². The quantitative estimate of drug-likeness (QED) is 0.0983. The van der Waals surface area contributed by atoms with Crippen LogP contribution in [0.1, 0.15) is 127 Å². The normalized spacial score (nSPS) is 14.8. The molecular weight excluding hydrogens is 400 g/mol. The molecule has 0 heterocycles. The third kappa shape index (κ3) is 15.3.